The molecule has 0 amide bonds. The van der Waals surface area contributed by atoms with Crippen molar-refractivity contribution >= 4 is 35.2 Å². The molecule has 2 nitrogen and oxygen atoms in total. The van der Waals surface area contributed by atoms with Crippen LogP contribution in [0.2, 0.25) is 0 Å². The Morgan fingerprint density at radius 2 is 1.58 bits per heavy atom. The second kappa shape index (κ2) is 3.67. The molecule has 0 heterocycles. The lowest BCUT2D eigenvalue weighted by Gasteiger charge is -2.03. The molecule has 0 saturated heterocycles. The molecule has 12 heavy (non-hydrogen) atoms. The van der Waals surface area contributed by atoms with E-state index in [1.54, 1.807) is 22.6 Å². The molecule has 64 valence electrons. The first-order valence-corrected chi connectivity index (χ1v) is 4.11. The van der Waals surface area contributed by atoms with Crippen LogP contribution in [-0.2, 0) is 0 Å². The number of rotatable bonds is 1. The first kappa shape index (κ1) is 9.88. The summed E-state index contributed by atoms with van der Waals surface area (Å²) in [6.07, 6.45) is 0. The Kier molecular flexibility index (Phi) is 3.02. The highest BCUT2D eigenvalue weighted by molar-refractivity contribution is 14.1. The monoisotopic (exact) mass is 284 g/mol. The summed E-state index contributed by atoms with van der Waals surface area (Å²) in [5.41, 5.74) is -0.713. The van der Waals surface area contributed by atoms with Gasteiger partial charge in [-0.2, -0.15) is 0 Å². The van der Waals surface area contributed by atoms with Crippen molar-refractivity contribution < 1.29 is 18.8 Å². The molecule has 0 spiro atoms. The van der Waals surface area contributed by atoms with Crippen molar-refractivity contribution in [3.05, 3.63) is 27.3 Å². The smallest absolute Gasteiger partial charge is 0.423 e. The van der Waals surface area contributed by atoms with Gasteiger partial charge in [0.15, 0.2) is 0 Å². The van der Waals surface area contributed by atoms with Crippen LogP contribution in [-0.4, -0.2) is 17.2 Å². The van der Waals surface area contributed by atoms with Crippen LogP contribution in [0.3, 0.4) is 0 Å². The molecule has 0 saturated carbocycles. The van der Waals surface area contributed by atoms with Gasteiger partial charge in [0.2, 0.25) is 0 Å². The van der Waals surface area contributed by atoms with Gasteiger partial charge in [0.1, 0.15) is 11.6 Å². The van der Waals surface area contributed by atoms with Crippen molar-refractivity contribution in [2.45, 2.75) is 0 Å². The molecule has 1 aromatic rings. The topological polar surface area (TPSA) is 40.5 Å². The fraction of sp³-hybridized carbons (Fsp3) is 0. The third-order valence-corrected chi connectivity index (χ3v) is 1.92. The summed E-state index contributed by atoms with van der Waals surface area (Å²) >= 11 is 1.73. The Morgan fingerprint density at radius 1 is 1.17 bits per heavy atom. The van der Waals surface area contributed by atoms with Gasteiger partial charge < -0.3 is 10.0 Å². The summed E-state index contributed by atoms with van der Waals surface area (Å²) in [5.74, 6) is -1.90. The SMILES string of the molecule is OB(O)c1c(F)cc(I)cc1F. The van der Waals surface area contributed by atoms with Crippen molar-refractivity contribution in [3.8, 4) is 0 Å². The van der Waals surface area contributed by atoms with Crippen LogP contribution < -0.4 is 5.46 Å². The molecule has 0 bridgehead atoms. The summed E-state index contributed by atoms with van der Waals surface area (Å²) in [7, 11) is -2.11. The van der Waals surface area contributed by atoms with Crippen LogP contribution >= 0.6 is 22.6 Å². The van der Waals surface area contributed by atoms with E-state index < -0.39 is 24.2 Å². The van der Waals surface area contributed by atoms with Crippen LogP contribution in [0.5, 0.6) is 0 Å². The van der Waals surface area contributed by atoms with Crippen molar-refractivity contribution in [2.24, 2.45) is 0 Å². The molecule has 0 aliphatic rings. The zero-order chi connectivity index (χ0) is 9.30. The van der Waals surface area contributed by atoms with Gasteiger partial charge in [-0.3, -0.25) is 0 Å². The molecule has 0 atom stereocenters. The Hall–Kier alpha value is -0.205. The van der Waals surface area contributed by atoms with Crippen LogP contribution in [0.1, 0.15) is 0 Å². The summed E-state index contributed by atoms with van der Waals surface area (Å²) < 4.78 is 26.0. The molecule has 2 N–H and O–H groups in total. The van der Waals surface area contributed by atoms with Gasteiger partial charge in [0, 0.05) is 3.57 Å². The van der Waals surface area contributed by atoms with Gasteiger partial charge >= 0.3 is 7.12 Å². The van der Waals surface area contributed by atoms with E-state index in [4.69, 9.17) is 10.0 Å². The third kappa shape index (κ3) is 1.93. The molecule has 0 radical (unpaired) electrons. The average Bonchev–Trinajstić information content (AvgIpc) is 1.82. The molecular formula is C6H4BF2IO2. The summed E-state index contributed by atoms with van der Waals surface area (Å²) in [4.78, 5) is 0. The fourth-order valence-electron chi connectivity index (χ4n) is 0.800. The van der Waals surface area contributed by atoms with Gasteiger partial charge in [0.05, 0.1) is 5.46 Å². The largest absolute Gasteiger partial charge is 0.494 e. The van der Waals surface area contributed by atoms with E-state index >= 15 is 0 Å². The summed E-state index contributed by atoms with van der Waals surface area (Å²) in [5, 5.41) is 17.1. The van der Waals surface area contributed by atoms with E-state index in [-0.39, 0.29) is 0 Å². The maximum absolute atomic E-state index is 12.8. The summed E-state index contributed by atoms with van der Waals surface area (Å²) in [6, 6.07) is 2.05. The van der Waals surface area contributed by atoms with Crippen LogP contribution in [0.4, 0.5) is 8.78 Å². The molecule has 0 aromatic heterocycles. The lowest BCUT2D eigenvalue weighted by Crippen LogP contribution is -2.35. The van der Waals surface area contributed by atoms with Gasteiger partial charge in [-0.15, -0.1) is 0 Å². The highest BCUT2D eigenvalue weighted by Gasteiger charge is 2.21. The van der Waals surface area contributed by atoms with Crippen molar-refractivity contribution in [2.75, 3.05) is 0 Å². The first-order valence-electron chi connectivity index (χ1n) is 3.03. The zero-order valence-corrected chi connectivity index (χ0v) is 7.92. The van der Waals surface area contributed by atoms with E-state index in [0.717, 1.165) is 12.1 Å². The van der Waals surface area contributed by atoms with Crippen molar-refractivity contribution in [3.63, 3.8) is 0 Å². The minimum atomic E-state index is -2.11. The molecule has 6 heteroatoms. The van der Waals surface area contributed by atoms with Crippen LogP contribution in [0.15, 0.2) is 12.1 Å². The predicted octanol–water partition coefficient (Wildman–Crippen LogP) is 0.249. The Labute approximate surface area is 81.5 Å². The second-order valence-corrected chi connectivity index (χ2v) is 3.40. The number of hydrogen-bond acceptors (Lipinski definition) is 2. The maximum Gasteiger partial charge on any atom is 0.494 e. The van der Waals surface area contributed by atoms with E-state index in [9.17, 15) is 8.78 Å². The van der Waals surface area contributed by atoms with E-state index in [2.05, 4.69) is 0 Å². The maximum atomic E-state index is 12.8. The number of hydrogen-bond donors (Lipinski definition) is 2. The van der Waals surface area contributed by atoms with Gasteiger partial charge in [-0.1, -0.05) is 0 Å². The molecule has 1 aromatic carbocycles. The molecule has 0 unspecified atom stereocenters. The molecular weight excluding hydrogens is 280 g/mol. The Bertz CT molecular complexity index is 283. The lowest BCUT2D eigenvalue weighted by molar-refractivity contribution is 0.419. The standard InChI is InChI=1S/C6H4BF2IO2/c8-4-1-3(10)2-5(9)6(4)7(11)12/h1-2,11-12H. The zero-order valence-electron chi connectivity index (χ0n) is 5.76. The summed E-state index contributed by atoms with van der Waals surface area (Å²) in [6.45, 7) is 0. The molecule has 1 rings (SSSR count). The van der Waals surface area contributed by atoms with E-state index in [0.29, 0.717) is 3.57 Å². The normalized spacial score (nSPS) is 10.1. The number of benzene rings is 1. The Morgan fingerprint density at radius 3 is 1.92 bits per heavy atom. The highest BCUT2D eigenvalue weighted by Crippen LogP contribution is 2.08. The van der Waals surface area contributed by atoms with Crippen molar-refractivity contribution in [1.29, 1.82) is 0 Å². The number of halogens is 3. The van der Waals surface area contributed by atoms with Crippen LogP contribution in [0, 0.1) is 15.2 Å². The van der Waals surface area contributed by atoms with E-state index in [1.807, 2.05) is 0 Å². The third-order valence-electron chi connectivity index (χ3n) is 1.30. The quantitative estimate of drug-likeness (QED) is 0.573. The van der Waals surface area contributed by atoms with Gasteiger partial charge in [-0.25, -0.2) is 8.78 Å². The van der Waals surface area contributed by atoms with Gasteiger partial charge in [-0.05, 0) is 34.7 Å². The predicted molar refractivity (Wildman–Crippen MR) is 48.9 cm³/mol. The second-order valence-electron chi connectivity index (χ2n) is 2.16. The Balaban J connectivity index is 3.28. The minimum Gasteiger partial charge on any atom is -0.423 e. The van der Waals surface area contributed by atoms with Crippen molar-refractivity contribution in [1.82, 2.24) is 0 Å². The molecule has 0 aliphatic heterocycles. The molecule has 0 fully saturated rings. The van der Waals surface area contributed by atoms with E-state index in [1.165, 1.54) is 0 Å². The van der Waals surface area contributed by atoms with Gasteiger partial charge in [0.25, 0.3) is 0 Å². The van der Waals surface area contributed by atoms with Crippen LogP contribution in [0.25, 0.3) is 0 Å². The fourth-order valence-corrected chi connectivity index (χ4v) is 1.35. The average molecular weight is 284 g/mol. The minimum absolute atomic E-state index is 0.368. The first-order chi connectivity index (χ1) is 5.52. The molecule has 0 aliphatic carbocycles. The highest BCUT2D eigenvalue weighted by atomic mass is 127. The lowest BCUT2D eigenvalue weighted by atomic mass is 9.79.